The lowest BCUT2D eigenvalue weighted by atomic mass is 9.97. The number of thiazole rings is 1. The van der Waals surface area contributed by atoms with E-state index in [2.05, 4.69) is 10.3 Å². The van der Waals surface area contributed by atoms with E-state index in [-0.39, 0.29) is 0 Å². The second-order valence-electron chi connectivity index (χ2n) is 3.13. The van der Waals surface area contributed by atoms with Crippen molar-refractivity contribution in [3.63, 3.8) is 0 Å². The van der Waals surface area contributed by atoms with Gasteiger partial charge in [0.1, 0.15) is 0 Å². The van der Waals surface area contributed by atoms with E-state index in [1.165, 1.54) is 17.7 Å². The number of nitrogens with two attached hydrogens (primary N) is 1. The molecule has 3 N–H and O–H groups in total. The zero-order chi connectivity index (χ0) is 8.39. The Hall–Kier alpha value is -0.610. The predicted molar refractivity (Wildman–Crippen MR) is 51.4 cm³/mol. The summed E-state index contributed by atoms with van der Waals surface area (Å²) in [6.45, 7) is 2.25. The molecule has 66 valence electrons. The SMILES string of the molecule is Nc1ncc(C2CCNCC2)s1. The van der Waals surface area contributed by atoms with E-state index in [1.807, 2.05) is 6.20 Å². The van der Waals surface area contributed by atoms with Crippen molar-refractivity contribution in [2.24, 2.45) is 0 Å². The first-order valence-electron chi connectivity index (χ1n) is 4.28. The minimum atomic E-state index is 0.695. The zero-order valence-electron chi connectivity index (χ0n) is 6.92. The van der Waals surface area contributed by atoms with Crippen molar-refractivity contribution in [1.82, 2.24) is 10.3 Å². The summed E-state index contributed by atoms with van der Waals surface area (Å²) >= 11 is 1.63. The van der Waals surface area contributed by atoms with Crippen LogP contribution in [0.4, 0.5) is 5.13 Å². The molecule has 0 spiro atoms. The summed E-state index contributed by atoms with van der Waals surface area (Å²) in [5.41, 5.74) is 5.58. The molecule has 0 atom stereocenters. The standard InChI is InChI=1S/C8H13N3S/c9-8-11-5-7(12-8)6-1-3-10-4-2-6/h5-6,10H,1-4H2,(H2,9,11). The van der Waals surface area contributed by atoms with Gasteiger partial charge in [-0.25, -0.2) is 4.98 Å². The van der Waals surface area contributed by atoms with E-state index in [0.717, 1.165) is 13.1 Å². The van der Waals surface area contributed by atoms with Crippen LogP contribution in [0.1, 0.15) is 23.6 Å². The fourth-order valence-electron chi connectivity index (χ4n) is 1.60. The molecule has 2 rings (SSSR count). The topological polar surface area (TPSA) is 50.9 Å². The van der Waals surface area contributed by atoms with Gasteiger partial charge in [0.15, 0.2) is 5.13 Å². The smallest absolute Gasteiger partial charge is 0.180 e. The third-order valence-electron chi connectivity index (χ3n) is 2.28. The number of nitrogens with one attached hydrogen (secondary N) is 1. The molecule has 0 aliphatic carbocycles. The van der Waals surface area contributed by atoms with Crippen LogP contribution in [0.2, 0.25) is 0 Å². The third-order valence-corrected chi connectivity index (χ3v) is 3.27. The number of nitrogens with zero attached hydrogens (tertiary/aromatic N) is 1. The molecular formula is C8H13N3S. The highest BCUT2D eigenvalue weighted by Crippen LogP contribution is 2.30. The van der Waals surface area contributed by atoms with Crippen LogP contribution in [-0.4, -0.2) is 18.1 Å². The Bertz CT molecular complexity index is 253. The second kappa shape index (κ2) is 3.41. The summed E-state index contributed by atoms with van der Waals surface area (Å²) in [7, 11) is 0. The first-order valence-corrected chi connectivity index (χ1v) is 5.10. The number of hydrogen-bond acceptors (Lipinski definition) is 4. The quantitative estimate of drug-likeness (QED) is 0.687. The third kappa shape index (κ3) is 1.59. The Morgan fingerprint density at radius 3 is 2.83 bits per heavy atom. The zero-order valence-corrected chi connectivity index (χ0v) is 7.73. The molecule has 1 saturated heterocycles. The van der Waals surface area contributed by atoms with Crippen molar-refractivity contribution < 1.29 is 0 Å². The van der Waals surface area contributed by atoms with Gasteiger partial charge in [0.05, 0.1) is 0 Å². The number of hydrogen-bond donors (Lipinski definition) is 2. The van der Waals surface area contributed by atoms with Crippen molar-refractivity contribution in [3.05, 3.63) is 11.1 Å². The highest BCUT2D eigenvalue weighted by molar-refractivity contribution is 7.15. The highest BCUT2D eigenvalue weighted by Gasteiger charge is 2.16. The van der Waals surface area contributed by atoms with Crippen molar-refractivity contribution in [2.75, 3.05) is 18.8 Å². The summed E-state index contributed by atoms with van der Waals surface area (Å²) < 4.78 is 0. The number of anilines is 1. The van der Waals surface area contributed by atoms with Gasteiger partial charge in [-0.15, -0.1) is 11.3 Å². The molecule has 0 bridgehead atoms. The van der Waals surface area contributed by atoms with Crippen molar-refractivity contribution in [3.8, 4) is 0 Å². The number of rotatable bonds is 1. The summed E-state index contributed by atoms with van der Waals surface area (Å²) in [6, 6.07) is 0. The van der Waals surface area contributed by atoms with E-state index < -0.39 is 0 Å². The number of nitrogen functional groups attached to an aromatic ring is 1. The maximum Gasteiger partial charge on any atom is 0.180 e. The highest BCUT2D eigenvalue weighted by atomic mass is 32.1. The fraction of sp³-hybridized carbons (Fsp3) is 0.625. The Labute approximate surface area is 76.0 Å². The van der Waals surface area contributed by atoms with Crippen LogP contribution in [0.5, 0.6) is 0 Å². The van der Waals surface area contributed by atoms with E-state index >= 15 is 0 Å². The minimum Gasteiger partial charge on any atom is -0.375 e. The maximum atomic E-state index is 5.58. The van der Waals surface area contributed by atoms with E-state index in [4.69, 9.17) is 5.73 Å². The van der Waals surface area contributed by atoms with Crippen LogP contribution in [0, 0.1) is 0 Å². The van der Waals surface area contributed by atoms with Gasteiger partial charge in [-0.2, -0.15) is 0 Å². The average molecular weight is 183 g/mol. The van der Waals surface area contributed by atoms with Gasteiger partial charge in [0, 0.05) is 11.1 Å². The van der Waals surface area contributed by atoms with E-state index in [0.29, 0.717) is 11.0 Å². The lowest BCUT2D eigenvalue weighted by Gasteiger charge is -2.20. The van der Waals surface area contributed by atoms with Gasteiger partial charge in [-0.1, -0.05) is 0 Å². The summed E-state index contributed by atoms with van der Waals surface area (Å²) in [5, 5.41) is 4.04. The molecule has 0 unspecified atom stereocenters. The molecule has 1 aliphatic heterocycles. The largest absolute Gasteiger partial charge is 0.375 e. The summed E-state index contributed by atoms with van der Waals surface area (Å²) in [5.74, 6) is 0.695. The van der Waals surface area contributed by atoms with Crippen molar-refractivity contribution in [1.29, 1.82) is 0 Å². The average Bonchev–Trinajstić information content (AvgIpc) is 2.54. The van der Waals surface area contributed by atoms with Crippen LogP contribution in [-0.2, 0) is 0 Å². The molecule has 0 saturated carbocycles. The Kier molecular flexibility index (Phi) is 2.28. The summed E-state index contributed by atoms with van der Waals surface area (Å²) in [4.78, 5) is 5.42. The molecule has 1 aromatic heterocycles. The van der Waals surface area contributed by atoms with Gasteiger partial charge >= 0.3 is 0 Å². The summed E-state index contributed by atoms with van der Waals surface area (Å²) in [6.07, 6.45) is 4.37. The van der Waals surface area contributed by atoms with Crippen molar-refractivity contribution >= 4 is 16.5 Å². The lowest BCUT2D eigenvalue weighted by molar-refractivity contribution is 0.465. The maximum absolute atomic E-state index is 5.58. The lowest BCUT2D eigenvalue weighted by Crippen LogP contribution is -2.26. The predicted octanol–water partition coefficient (Wildman–Crippen LogP) is 1.19. The molecule has 1 fully saturated rings. The normalized spacial score (nSPS) is 19.7. The molecule has 0 radical (unpaired) electrons. The van der Waals surface area contributed by atoms with Crippen molar-refractivity contribution in [2.45, 2.75) is 18.8 Å². The van der Waals surface area contributed by atoms with Crippen LogP contribution in [0.15, 0.2) is 6.20 Å². The van der Waals surface area contributed by atoms with E-state index in [9.17, 15) is 0 Å². The molecule has 3 nitrogen and oxygen atoms in total. The van der Waals surface area contributed by atoms with Crippen LogP contribution >= 0.6 is 11.3 Å². The Balaban J connectivity index is 2.08. The molecule has 1 aromatic rings. The monoisotopic (exact) mass is 183 g/mol. The minimum absolute atomic E-state index is 0.695. The Morgan fingerprint density at radius 2 is 2.25 bits per heavy atom. The molecule has 0 amide bonds. The molecule has 1 aliphatic rings. The van der Waals surface area contributed by atoms with Gasteiger partial charge in [-0.05, 0) is 31.8 Å². The number of piperidine rings is 1. The van der Waals surface area contributed by atoms with Gasteiger partial charge < -0.3 is 11.1 Å². The van der Waals surface area contributed by atoms with Crippen LogP contribution in [0.25, 0.3) is 0 Å². The second-order valence-corrected chi connectivity index (χ2v) is 4.22. The molecule has 0 aromatic carbocycles. The van der Waals surface area contributed by atoms with Crippen LogP contribution in [0.3, 0.4) is 0 Å². The first-order chi connectivity index (χ1) is 5.86. The molecular weight excluding hydrogens is 170 g/mol. The van der Waals surface area contributed by atoms with Crippen LogP contribution < -0.4 is 11.1 Å². The number of aromatic nitrogens is 1. The fourth-order valence-corrected chi connectivity index (χ4v) is 2.45. The van der Waals surface area contributed by atoms with Gasteiger partial charge in [0.25, 0.3) is 0 Å². The molecule has 2 heterocycles. The van der Waals surface area contributed by atoms with Gasteiger partial charge in [-0.3, -0.25) is 0 Å². The first kappa shape index (κ1) is 8.01. The molecule has 4 heteroatoms. The Morgan fingerprint density at radius 1 is 1.50 bits per heavy atom. The van der Waals surface area contributed by atoms with E-state index in [1.54, 1.807) is 11.3 Å². The molecule has 12 heavy (non-hydrogen) atoms. The van der Waals surface area contributed by atoms with Gasteiger partial charge in [0.2, 0.25) is 0 Å².